The van der Waals surface area contributed by atoms with Crippen LogP contribution >= 0.6 is 11.8 Å². The van der Waals surface area contributed by atoms with Crippen molar-refractivity contribution in [3.8, 4) is 5.69 Å². The first-order valence-electron chi connectivity index (χ1n) is 9.42. The summed E-state index contributed by atoms with van der Waals surface area (Å²) in [4.78, 5) is 33.7. The van der Waals surface area contributed by atoms with Crippen LogP contribution in [0.2, 0.25) is 0 Å². The minimum atomic E-state index is -0.165. The zero-order valence-electron chi connectivity index (χ0n) is 15.8. The van der Waals surface area contributed by atoms with Gasteiger partial charge in [0.1, 0.15) is 5.82 Å². The lowest BCUT2D eigenvalue weighted by Gasteiger charge is -2.35. The van der Waals surface area contributed by atoms with Crippen LogP contribution in [0, 0.1) is 0 Å². The lowest BCUT2D eigenvalue weighted by molar-refractivity contribution is -0.128. The molecular formula is C21H21N5O2S. The summed E-state index contributed by atoms with van der Waals surface area (Å²) in [5, 5.41) is 4.53. The van der Waals surface area contributed by atoms with Crippen LogP contribution in [0.1, 0.15) is 0 Å². The van der Waals surface area contributed by atoms with Crippen molar-refractivity contribution in [2.24, 2.45) is 0 Å². The van der Waals surface area contributed by atoms with Crippen LogP contribution < -0.4 is 10.5 Å². The fourth-order valence-corrected chi connectivity index (χ4v) is 3.97. The summed E-state index contributed by atoms with van der Waals surface area (Å²) in [6.45, 7) is 2.65. The molecule has 1 aliphatic heterocycles. The second-order valence-corrected chi connectivity index (χ2v) is 7.67. The quantitative estimate of drug-likeness (QED) is 0.603. The Balaban J connectivity index is 1.37. The number of benzene rings is 1. The Morgan fingerprint density at radius 1 is 0.931 bits per heavy atom. The van der Waals surface area contributed by atoms with Crippen LogP contribution in [0.25, 0.3) is 5.69 Å². The third-order valence-electron chi connectivity index (χ3n) is 4.76. The number of carbonyl (C=O) groups is 1. The number of hydrogen-bond acceptors (Lipinski definition) is 6. The zero-order chi connectivity index (χ0) is 20.1. The van der Waals surface area contributed by atoms with Gasteiger partial charge in [0.2, 0.25) is 5.91 Å². The maximum Gasteiger partial charge on any atom is 0.271 e. The molecule has 8 heteroatoms. The minimum absolute atomic E-state index is 0.133. The summed E-state index contributed by atoms with van der Waals surface area (Å²) in [6.07, 6.45) is 3.46. The predicted molar refractivity (Wildman–Crippen MR) is 114 cm³/mol. The van der Waals surface area contributed by atoms with Gasteiger partial charge in [0, 0.05) is 49.5 Å². The number of anilines is 1. The van der Waals surface area contributed by atoms with E-state index in [4.69, 9.17) is 0 Å². The predicted octanol–water partition coefficient (Wildman–Crippen LogP) is 2.07. The maximum atomic E-state index is 12.5. The molecule has 4 rings (SSSR count). The molecule has 1 aliphatic rings. The number of hydrogen-bond donors (Lipinski definition) is 0. The first kappa shape index (κ1) is 19.2. The molecule has 7 nitrogen and oxygen atoms in total. The van der Waals surface area contributed by atoms with E-state index < -0.39 is 0 Å². The van der Waals surface area contributed by atoms with Gasteiger partial charge in [-0.15, -0.1) is 16.9 Å². The fraction of sp³-hybridized carbons (Fsp3) is 0.238. The van der Waals surface area contributed by atoms with Crippen molar-refractivity contribution >= 4 is 23.5 Å². The summed E-state index contributed by atoms with van der Waals surface area (Å²) in [5.74, 6) is 1.29. The van der Waals surface area contributed by atoms with E-state index in [1.54, 1.807) is 18.5 Å². The Labute approximate surface area is 173 Å². The Kier molecular flexibility index (Phi) is 5.90. The molecule has 0 radical (unpaired) electrons. The third kappa shape index (κ3) is 4.65. The molecule has 0 bridgehead atoms. The molecule has 0 spiro atoms. The zero-order valence-corrected chi connectivity index (χ0v) is 16.7. The van der Waals surface area contributed by atoms with E-state index in [-0.39, 0.29) is 11.5 Å². The number of para-hydroxylation sites is 1. The highest BCUT2D eigenvalue weighted by Gasteiger charge is 2.22. The van der Waals surface area contributed by atoms with Crippen LogP contribution in [-0.2, 0) is 4.79 Å². The van der Waals surface area contributed by atoms with Crippen LogP contribution in [0.15, 0.2) is 76.7 Å². The smallest absolute Gasteiger partial charge is 0.271 e. The molecule has 0 atom stereocenters. The molecule has 0 saturated carbocycles. The molecule has 0 unspecified atom stereocenters. The van der Waals surface area contributed by atoms with E-state index in [2.05, 4.69) is 15.0 Å². The molecule has 1 aromatic carbocycles. The average molecular weight is 407 g/mol. The molecule has 29 heavy (non-hydrogen) atoms. The van der Waals surface area contributed by atoms with Gasteiger partial charge >= 0.3 is 0 Å². The van der Waals surface area contributed by atoms with Crippen molar-refractivity contribution in [2.75, 3.05) is 36.8 Å². The maximum absolute atomic E-state index is 12.5. The number of nitrogens with zero attached hydrogens (tertiary/aromatic N) is 5. The highest BCUT2D eigenvalue weighted by atomic mass is 32.2. The first-order valence-corrected chi connectivity index (χ1v) is 10.4. The van der Waals surface area contributed by atoms with Gasteiger partial charge < -0.3 is 9.80 Å². The number of thioether (sulfide) groups is 1. The molecule has 3 aromatic rings. The summed E-state index contributed by atoms with van der Waals surface area (Å²) >= 11 is 1.53. The average Bonchev–Trinajstić information content (AvgIpc) is 2.79. The van der Waals surface area contributed by atoms with Crippen molar-refractivity contribution in [2.45, 2.75) is 4.90 Å². The summed E-state index contributed by atoms with van der Waals surface area (Å²) in [5.41, 5.74) is 0.572. The van der Waals surface area contributed by atoms with Gasteiger partial charge in [-0.3, -0.25) is 14.6 Å². The fourth-order valence-electron chi connectivity index (χ4n) is 3.18. The lowest BCUT2D eigenvalue weighted by Crippen LogP contribution is -2.49. The van der Waals surface area contributed by atoms with Crippen molar-refractivity contribution in [3.05, 3.63) is 77.3 Å². The normalized spacial score (nSPS) is 14.1. The van der Waals surface area contributed by atoms with Gasteiger partial charge in [0.15, 0.2) is 0 Å². The molecule has 3 heterocycles. The van der Waals surface area contributed by atoms with Crippen molar-refractivity contribution in [3.63, 3.8) is 0 Å². The topological polar surface area (TPSA) is 71.3 Å². The standard InChI is InChI=1S/C21H21N5O2S/c27-20-7-6-19(23-26(20)17-4-2-1-3-5-17)24-12-14-25(15-13-24)21(28)16-29-18-8-10-22-11-9-18/h1-11H,12-16H2. The summed E-state index contributed by atoms with van der Waals surface area (Å²) in [6, 6.07) is 16.5. The van der Waals surface area contributed by atoms with Crippen molar-refractivity contribution in [1.29, 1.82) is 0 Å². The first-order chi connectivity index (χ1) is 14.2. The number of amides is 1. The van der Waals surface area contributed by atoms with E-state index in [1.807, 2.05) is 47.4 Å². The molecule has 2 aromatic heterocycles. The van der Waals surface area contributed by atoms with Crippen LogP contribution in [-0.4, -0.2) is 57.5 Å². The second-order valence-electron chi connectivity index (χ2n) is 6.62. The number of rotatable bonds is 5. The van der Waals surface area contributed by atoms with Gasteiger partial charge in [-0.05, 0) is 30.3 Å². The molecule has 1 fully saturated rings. The van der Waals surface area contributed by atoms with E-state index in [0.29, 0.717) is 31.9 Å². The van der Waals surface area contributed by atoms with E-state index in [9.17, 15) is 9.59 Å². The largest absolute Gasteiger partial charge is 0.352 e. The van der Waals surface area contributed by atoms with Crippen LogP contribution in [0.4, 0.5) is 5.82 Å². The van der Waals surface area contributed by atoms with Crippen molar-refractivity contribution in [1.82, 2.24) is 19.7 Å². The summed E-state index contributed by atoms with van der Waals surface area (Å²) in [7, 11) is 0. The van der Waals surface area contributed by atoms with Gasteiger partial charge in [0.05, 0.1) is 11.4 Å². The van der Waals surface area contributed by atoms with Crippen LogP contribution in [0.5, 0.6) is 0 Å². The lowest BCUT2D eigenvalue weighted by atomic mass is 10.3. The van der Waals surface area contributed by atoms with Gasteiger partial charge in [-0.25, -0.2) is 0 Å². The number of aromatic nitrogens is 3. The Morgan fingerprint density at radius 3 is 2.38 bits per heavy atom. The van der Waals surface area contributed by atoms with Gasteiger partial charge in [0.25, 0.3) is 5.56 Å². The Morgan fingerprint density at radius 2 is 1.66 bits per heavy atom. The Hall–Kier alpha value is -3.13. The van der Waals surface area contributed by atoms with Gasteiger partial charge in [-0.2, -0.15) is 4.68 Å². The number of carbonyl (C=O) groups excluding carboxylic acids is 1. The molecule has 0 aliphatic carbocycles. The third-order valence-corrected chi connectivity index (χ3v) is 5.75. The molecular weight excluding hydrogens is 386 g/mol. The highest BCUT2D eigenvalue weighted by molar-refractivity contribution is 8.00. The number of piperazine rings is 1. The van der Waals surface area contributed by atoms with Gasteiger partial charge in [-0.1, -0.05) is 18.2 Å². The summed E-state index contributed by atoms with van der Waals surface area (Å²) < 4.78 is 1.41. The van der Waals surface area contributed by atoms with E-state index in [0.717, 1.165) is 16.4 Å². The molecule has 1 amide bonds. The highest BCUT2D eigenvalue weighted by Crippen LogP contribution is 2.18. The van der Waals surface area contributed by atoms with E-state index in [1.165, 1.54) is 22.5 Å². The second kappa shape index (κ2) is 8.91. The molecule has 0 N–H and O–H groups in total. The monoisotopic (exact) mass is 407 g/mol. The molecule has 1 saturated heterocycles. The number of pyridine rings is 1. The Bertz CT molecular complexity index is 1020. The minimum Gasteiger partial charge on any atom is -0.352 e. The SMILES string of the molecule is O=C(CSc1ccncc1)N1CCN(c2ccc(=O)n(-c3ccccc3)n2)CC1. The van der Waals surface area contributed by atoms with E-state index >= 15 is 0 Å². The van der Waals surface area contributed by atoms with Crippen molar-refractivity contribution < 1.29 is 4.79 Å². The van der Waals surface area contributed by atoms with Crippen LogP contribution in [0.3, 0.4) is 0 Å². The molecule has 148 valence electrons.